The zero-order valence-corrected chi connectivity index (χ0v) is 19.0. The van der Waals surface area contributed by atoms with Gasteiger partial charge in [-0.25, -0.2) is 0 Å². The Bertz CT molecular complexity index is 1500. The van der Waals surface area contributed by atoms with Crippen molar-refractivity contribution in [1.82, 2.24) is 14.6 Å². The van der Waals surface area contributed by atoms with Crippen molar-refractivity contribution in [2.24, 2.45) is 0 Å². The van der Waals surface area contributed by atoms with E-state index in [-0.39, 0.29) is 17.3 Å². The molecule has 33 heavy (non-hydrogen) atoms. The first-order valence-corrected chi connectivity index (χ1v) is 11.7. The van der Waals surface area contributed by atoms with Gasteiger partial charge in [-0.2, -0.15) is 0 Å². The van der Waals surface area contributed by atoms with Crippen LogP contribution in [0.5, 0.6) is 0 Å². The average Bonchev–Trinajstić information content (AvgIpc) is 3.38. The third-order valence-corrected chi connectivity index (χ3v) is 7.29. The summed E-state index contributed by atoms with van der Waals surface area (Å²) >= 11 is 2.78. The molecule has 0 aliphatic rings. The average molecular weight is 476 g/mol. The van der Waals surface area contributed by atoms with Gasteiger partial charge in [0.1, 0.15) is 10.9 Å². The second kappa shape index (κ2) is 8.64. The molecule has 0 aliphatic heterocycles. The molecule has 5 aromatic rings. The van der Waals surface area contributed by atoms with Crippen LogP contribution in [0.2, 0.25) is 0 Å². The molecule has 0 bridgehead atoms. The van der Waals surface area contributed by atoms with Gasteiger partial charge in [0.15, 0.2) is 5.16 Å². The molecule has 1 amide bonds. The van der Waals surface area contributed by atoms with Crippen LogP contribution in [0.4, 0.5) is 11.4 Å². The number of hydrogen-bond donors (Lipinski definition) is 1. The predicted octanol–water partition coefficient (Wildman–Crippen LogP) is 5.63. The number of carbonyl (C=O) groups excluding carboxylic acids is 1. The number of carbonyl (C=O) groups is 1. The second-order valence-corrected chi connectivity index (χ2v) is 9.43. The fraction of sp³-hybridized carbons (Fsp3) is 0.0870. The van der Waals surface area contributed by atoms with E-state index in [1.165, 1.54) is 29.2 Å². The molecule has 5 rings (SSSR count). The third kappa shape index (κ3) is 4.06. The summed E-state index contributed by atoms with van der Waals surface area (Å²) < 4.78 is 3.00. The molecule has 0 fully saturated rings. The number of fused-ring (bicyclic) bond motifs is 3. The minimum absolute atomic E-state index is 0.145. The fourth-order valence-corrected chi connectivity index (χ4v) is 5.61. The Hall–Kier alpha value is -3.76. The number of nitro groups is 1. The Morgan fingerprint density at radius 2 is 1.85 bits per heavy atom. The second-order valence-electron chi connectivity index (χ2n) is 7.35. The Kier molecular flexibility index (Phi) is 5.53. The number of nitro benzene ring substituents is 1. The van der Waals surface area contributed by atoms with Crippen molar-refractivity contribution in [2.45, 2.75) is 17.3 Å². The van der Waals surface area contributed by atoms with Crippen LogP contribution in [0, 0.1) is 17.0 Å². The number of nitrogens with one attached hydrogen (secondary N) is 1. The zero-order valence-electron chi connectivity index (χ0n) is 17.3. The van der Waals surface area contributed by atoms with Gasteiger partial charge in [0, 0.05) is 6.07 Å². The highest BCUT2D eigenvalue weighted by atomic mass is 32.2. The van der Waals surface area contributed by atoms with Crippen LogP contribution in [0.25, 0.3) is 15.2 Å². The summed E-state index contributed by atoms with van der Waals surface area (Å²) in [6, 6.07) is 21.9. The van der Waals surface area contributed by atoms with E-state index >= 15 is 0 Å². The number of aryl methyl sites for hydroxylation is 1. The van der Waals surface area contributed by atoms with Gasteiger partial charge in [0.25, 0.3) is 5.69 Å². The van der Waals surface area contributed by atoms with Gasteiger partial charge in [-0.15, -0.1) is 10.2 Å². The number of amides is 1. The summed E-state index contributed by atoms with van der Waals surface area (Å²) in [6.45, 7) is 1.77. The monoisotopic (exact) mass is 475 g/mol. The summed E-state index contributed by atoms with van der Waals surface area (Å²) in [4.78, 5) is 25.2. The first-order chi connectivity index (χ1) is 16.0. The zero-order chi connectivity index (χ0) is 22.9. The topological polar surface area (TPSA) is 102 Å². The minimum atomic E-state index is -0.696. The van der Waals surface area contributed by atoms with Crippen LogP contribution in [0.1, 0.15) is 16.4 Å². The van der Waals surface area contributed by atoms with Gasteiger partial charge in [0.05, 0.1) is 15.1 Å². The lowest BCUT2D eigenvalue weighted by Gasteiger charge is -2.16. The van der Waals surface area contributed by atoms with Crippen molar-refractivity contribution in [3.8, 4) is 0 Å². The van der Waals surface area contributed by atoms with Gasteiger partial charge in [-0.05, 0) is 36.2 Å². The van der Waals surface area contributed by atoms with E-state index in [1.54, 1.807) is 19.1 Å². The van der Waals surface area contributed by atoms with Gasteiger partial charge in [0.2, 0.25) is 10.9 Å². The molecule has 0 saturated heterocycles. The number of hydrogen-bond acceptors (Lipinski definition) is 7. The largest absolute Gasteiger partial charge is 0.319 e. The number of anilines is 1. The van der Waals surface area contributed by atoms with Crippen molar-refractivity contribution in [2.75, 3.05) is 5.32 Å². The van der Waals surface area contributed by atoms with Gasteiger partial charge < -0.3 is 5.32 Å². The van der Waals surface area contributed by atoms with E-state index in [1.807, 2.05) is 59.0 Å². The lowest BCUT2D eigenvalue weighted by Crippen LogP contribution is -2.20. The Balaban J connectivity index is 1.54. The van der Waals surface area contributed by atoms with E-state index in [9.17, 15) is 14.9 Å². The molecule has 1 N–H and O–H groups in total. The number of benzene rings is 3. The quantitative estimate of drug-likeness (QED) is 0.194. The molecule has 3 aromatic carbocycles. The number of rotatable bonds is 6. The summed E-state index contributed by atoms with van der Waals surface area (Å²) in [5.74, 6) is -0.380. The number of aromatic nitrogens is 3. The highest BCUT2D eigenvalue weighted by Crippen LogP contribution is 2.38. The van der Waals surface area contributed by atoms with Crippen molar-refractivity contribution >= 4 is 55.6 Å². The highest BCUT2D eigenvalue weighted by Gasteiger charge is 2.27. The lowest BCUT2D eigenvalue weighted by atomic mass is 10.1. The maximum Gasteiger partial charge on any atom is 0.293 e. The van der Waals surface area contributed by atoms with Crippen LogP contribution in [-0.4, -0.2) is 25.4 Å². The van der Waals surface area contributed by atoms with Crippen molar-refractivity contribution in [1.29, 1.82) is 0 Å². The lowest BCUT2D eigenvalue weighted by molar-refractivity contribution is -0.384. The normalized spacial score (nSPS) is 12.2. The maximum absolute atomic E-state index is 13.4. The molecule has 1 atom stereocenters. The van der Waals surface area contributed by atoms with Crippen LogP contribution in [0.3, 0.4) is 0 Å². The van der Waals surface area contributed by atoms with Gasteiger partial charge in [-0.1, -0.05) is 71.6 Å². The number of thiazole rings is 1. The molecule has 0 saturated carbocycles. The number of para-hydroxylation sites is 1. The minimum Gasteiger partial charge on any atom is -0.319 e. The Morgan fingerprint density at radius 1 is 1.09 bits per heavy atom. The summed E-state index contributed by atoms with van der Waals surface area (Å²) in [5.41, 5.74) is 2.47. The van der Waals surface area contributed by atoms with E-state index in [2.05, 4.69) is 15.5 Å². The molecule has 8 nitrogen and oxygen atoms in total. The van der Waals surface area contributed by atoms with Crippen LogP contribution < -0.4 is 5.32 Å². The van der Waals surface area contributed by atoms with Crippen molar-refractivity contribution in [3.63, 3.8) is 0 Å². The first-order valence-electron chi connectivity index (χ1n) is 10.0. The van der Waals surface area contributed by atoms with E-state index in [0.29, 0.717) is 5.16 Å². The third-order valence-electron chi connectivity index (χ3n) is 5.08. The smallest absolute Gasteiger partial charge is 0.293 e. The van der Waals surface area contributed by atoms with Crippen LogP contribution in [0.15, 0.2) is 78.0 Å². The molecular formula is C23H17N5O3S2. The van der Waals surface area contributed by atoms with Crippen molar-refractivity contribution < 1.29 is 9.72 Å². The maximum atomic E-state index is 13.4. The first kappa shape index (κ1) is 21.1. The van der Waals surface area contributed by atoms with Crippen LogP contribution in [-0.2, 0) is 4.79 Å². The molecule has 2 heterocycles. The van der Waals surface area contributed by atoms with Crippen LogP contribution >= 0.6 is 23.1 Å². The molecule has 2 aromatic heterocycles. The molecule has 164 valence electrons. The molecule has 0 spiro atoms. The summed E-state index contributed by atoms with van der Waals surface area (Å²) in [6.07, 6.45) is 0. The van der Waals surface area contributed by atoms with E-state index in [0.717, 1.165) is 26.3 Å². The van der Waals surface area contributed by atoms with Gasteiger partial charge >= 0.3 is 0 Å². The molecule has 10 heteroatoms. The Morgan fingerprint density at radius 3 is 2.64 bits per heavy atom. The molecule has 0 aliphatic carbocycles. The molecule has 1 unspecified atom stereocenters. The molecule has 0 radical (unpaired) electrons. The SMILES string of the molecule is Cc1ccc(NC(=O)C(Sc2nnc3sc4ccccc4n23)c2ccccc2)c([N+](=O)[O-])c1. The molecular weight excluding hydrogens is 458 g/mol. The standard InChI is InChI=1S/C23H17N5O3S2/c1-14-11-12-16(18(13-14)28(30)31)24-21(29)20(15-7-3-2-4-8-15)33-23-26-25-22-27(23)17-9-5-6-10-19(17)32-22/h2-13,20H,1H3,(H,24,29). The summed E-state index contributed by atoms with van der Waals surface area (Å²) in [5, 5.41) is 22.8. The van der Waals surface area contributed by atoms with Crippen molar-refractivity contribution in [3.05, 3.63) is 94.0 Å². The number of nitrogens with zero attached hydrogens (tertiary/aromatic N) is 4. The fourth-order valence-electron chi connectivity index (χ4n) is 3.53. The summed E-state index contributed by atoms with van der Waals surface area (Å²) in [7, 11) is 0. The Labute approximate surface area is 196 Å². The van der Waals surface area contributed by atoms with E-state index < -0.39 is 10.2 Å². The highest BCUT2D eigenvalue weighted by molar-refractivity contribution is 8.00. The predicted molar refractivity (Wildman–Crippen MR) is 130 cm³/mol. The van der Waals surface area contributed by atoms with Gasteiger partial charge in [-0.3, -0.25) is 19.3 Å². The van der Waals surface area contributed by atoms with E-state index in [4.69, 9.17) is 0 Å². The number of thioether (sulfide) groups is 1.